The van der Waals surface area contributed by atoms with Gasteiger partial charge in [0, 0.05) is 29.0 Å². The number of pyridine rings is 1. The highest BCUT2D eigenvalue weighted by molar-refractivity contribution is 6.36. The Morgan fingerprint density at radius 2 is 1.75 bits per heavy atom. The van der Waals surface area contributed by atoms with Crippen LogP contribution in [0.15, 0.2) is 67.0 Å². The summed E-state index contributed by atoms with van der Waals surface area (Å²) in [5, 5.41) is 27.3. The molecular formula is C25H15ClF3N7. The van der Waals surface area contributed by atoms with E-state index in [1.807, 2.05) is 0 Å². The molecule has 3 aromatic carbocycles. The Hall–Kier alpha value is -4.62. The summed E-state index contributed by atoms with van der Waals surface area (Å²) < 4.78 is 40.8. The normalized spacial score (nSPS) is 11.8. The molecule has 2 aromatic heterocycles. The third kappa shape index (κ3) is 4.52. The molecule has 0 radical (unpaired) electrons. The number of H-pyrrole nitrogens is 1. The zero-order chi connectivity index (χ0) is 25.2. The average molecular weight is 506 g/mol. The molecule has 0 amide bonds. The maximum absolute atomic E-state index is 13.8. The molecule has 11 heteroatoms. The van der Waals surface area contributed by atoms with E-state index in [4.69, 9.17) is 11.6 Å². The Labute approximate surface area is 207 Å². The van der Waals surface area contributed by atoms with Gasteiger partial charge in [0.05, 0.1) is 34.0 Å². The van der Waals surface area contributed by atoms with E-state index in [9.17, 15) is 18.4 Å². The van der Waals surface area contributed by atoms with Crippen molar-refractivity contribution in [2.75, 3.05) is 10.6 Å². The molecule has 2 heterocycles. The topological polar surface area (TPSA) is 102 Å². The molecule has 7 nitrogen and oxygen atoms in total. The van der Waals surface area contributed by atoms with Crippen LogP contribution in [0.3, 0.4) is 0 Å². The molecule has 0 spiro atoms. The van der Waals surface area contributed by atoms with Crippen LogP contribution in [0.4, 0.5) is 30.2 Å². The number of anilines is 3. The van der Waals surface area contributed by atoms with Gasteiger partial charge in [-0.15, -0.1) is 0 Å². The number of halogens is 4. The fraction of sp³-hybridized carbons (Fsp3) is 0.0400. The number of nitrogens with one attached hydrogen (secondary N) is 3. The van der Waals surface area contributed by atoms with Gasteiger partial charge in [0.1, 0.15) is 17.6 Å². The minimum absolute atomic E-state index is 0.173. The number of aromatic nitrogens is 4. The first-order valence-electron chi connectivity index (χ1n) is 10.5. The number of nitriles is 1. The Bertz CT molecular complexity index is 1600. The Kier molecular flexibility index (Phi) is 6.14. The summed E-state index contributed by atoms with van der Waals surface area (Å²) in [5.74, 6) is -2.41. The van der Waals surface area contributed by atoms with Crippen LogP contribution in [-0.2, 0) is 0 Å². The maximum Gasteiger partial charge on any atom is 0.160 e. The molecule has 0 aliphatic carbocycles. The van der Waals surface area contributed by atoms with Gasteiger partial charge in [0.2, 0.25) is 0 Å². The summed E-state index contributed by atoms with van der Waals surface area (Å²) in [6.45, 7) is 0. The smallest absolute Gasteiger partial charge is 0.160 e. The number of nitrogens with zero attached hydrogens (tertiary/aromatic N) is 4. The van der Waals surface area contributed by atoms with Crippen LogP contribution in [0.25, 0.3) is 10.9 Å². The number of hydrogen-bond acceptors (Lipinski definition) is 6. The van der Waals surface area contributed by atoms with E-state index in [2.05, 4.69) is 37.1 Å². The van der Waals surface area contributed by atoms with Crippen LogP contribution in [0.2, 0.25) is 5.02 Å². The van der Waals surface area contributed by atoms with Crippen LogP contribution in [0.1, 0.15) is 22.9 Å². The molecule has 36 heavy (non-hydrogen) atoms. The zero-order valence-electron chi connectivity index (χ0n) is 18.2. The molecule has 5 rings (SSSR count). The molecule has 178 valence electrons. The molecule has 0 aliphatic rings. The third-order valence-electron chi connectivity index (χ3n) is 5.48. The molecule has 0 unspecified atom stereocenters. The van der Waals surface area contributed by atoms with E-state index in [0.29, 0.717) is 33.5 Å². The van der Waals surface area contributed by atoms with Gasteiger partial charge in [-0.1, -0.05) is 23.7 Å². The first kappa shape index (κ1) is 23.1. The van der Waals surface area contributed by atoms with Crippen LogP contribution in [-0.4, -0.2) is 20.4 Å². The highest BCUT2D eigenvalue weighted by Crippen LogP contribution is 2.36. The number of hydrogen-bond donors (Lipinski definition) is 3. The van der Waals surface area contributed by atoms with Crippen molar-refractivity contribution < 1.29 is 13.2 Å². The summed E-state index contributed by atoms with van der Waals surface area (Å²) in [5.41, 5.74) is 2.92. The quantitative estimate of drug-likeness (QED) is 0.252. The van der Waals surface area contributed by atoms with Crippen LogP contribution < -0.4 is 10.6 Å². The number of aromatic amines is 1. The van der Waals surface area contributed by atoms with Crippen molar-refractivity contribution in [3.8, 4) is 6.07 Å². The van der Waals surface area contributed by atoms with E-state index in [-0.39, 0.29) is 22.1 Å². The Morgan fingerprint density at radius 1 is 0.944 bits per heavy atom. The van der Waals surface area contributed by atoms with E-state index >= 15 is 0 Å². The van der Waals surface area contributed by atoms with Crippen LogP contribution >= 0.6 is 11.6 Å². The van der Waals surface area contributed by atoms with E-state index in [1.54, 1.807) is 24.3 Å². The van der Waals surface area contributed by atoms with Crippen molar-refractivity contribution in [2.45, 2.75) is 6.04 Å². The molecule has 0 aliphatic heterocycles. The van der Waals surface area contributed by atoms with Crippen molar-refractivity contribution in [3.63, 3.8) is 0 Å². The molecule has 3 N–H and O–H groups in total. The van der Waals surface area contributed by atoms with Gasteiger partial charge in [-0.3, -0.25) is 4.98 Å². The van der Waals surface area contributed by atoms with Crippen LogP contribution in [0, 0.1) is 28.8 Å². The fourth-order valence-corrected chi connectivity index (χ4v) is 4.05. The van der Waals surface area contributed by atoms with E-state index in [1.165, 1.54) is 30.6 Å². The van der Waals surface area contributed by atoms with Gasteiger partial charge >= 0.3 is 0 Å². The lowest BCUT2D eigenvalue weighted by molar-refractivity contribution is 0.509. The van der Waals surface area contributed by atoms with Crippen molar-refractivity contribution >= 4 is 39.6 Å². The Balaban J connectivity index is 1.61. The van der Waals surface area contributed by atoms with Gasteiger partial charge in [-0.25, -0.2) is 13.2 Å². The maximum atomic E-state index is 13.8. The number of benzene rings is 3. The summed E-state index contributed by atoms with van der Waals surface area (Å²) >= 11 is 6.55. The molecule has 5 aromatic rings. The number of rotatable bonds is 6. The van der Waals surface area contributed by atoms with Gasteiger partial charge in [-0.05, 0) is 42.0 Å². The second-order valence-electron chi connectivity index (χ2n) is 7.79. The monoisotopic (exact) mass is 505 g/mol. The number of fused-ring (bicyclic) bond motifs is 1. The highest BCUT2D eigenvalue weighted by atomic mass is 35.5. The summed E-state index contributed by atoms with van der Waals surface area (Å²) in [6.07, 6.45) is 2.88. The van der Waals surface area contributed by atoms with E-state index < -0.39 is 17.7 Å². The minimum atomic E-state index is -1.04. The SMILES string of the molecule is N#Cc1cnc2c(Cl)cc(N[C@@H](c3ccc(F)cc3)c3cn[nH]n3)cc2c1Nc1ccc(F)c(F)c1. The van der Waals surface area contributed by atoms with Crippen molar-refractivity contribution in [2.24, 2.45) is 0 Å². The van der Waals surface area contributed by atoms with Crippen molar-refractivity contribution in [3.05, 3.63) is 106 Å². The summed E-state index contributed by atoms with van der Waals surface area (Å²) in [6, 6.07) is 14.1. The molecule has 0 fully saturated rings. The third-order valence-corrected chi connectivity index (χ3v) is 5.77. The molecule has 1 atom stereocenters. The largest absolute Gasteiger partial charge is 0.373 e. The van der Waals surface area contributed by atoms with Crippen molar-refractivity contribution in [1.82, 2.24) is 20.4 Å². The zero-order valence-corrected chi connectivity index (χ0v) is 19.0. The lowest BCUT2D eigenvalue weighted by Crippen LogP contribution is -2.13. The molecular weight excluding hydrogens is 491 g/mol. The first-order chi connectivity index (χ1) is 17.4. The molecule has 0 saturated heterocycles. The van der Waals surface area contributed by atoms with Gasteiger partial charge in [0.25, 0.3) is 0 Å². The predicted octanol–water partition coefficient (Wildman–Crippen LogP) is 6.24. The van der Waals surface area contributed by atoms with Gasteiger partial charge < -0.3 is 10.6 Å². The fourth-order valence-electron chi connectivity index (χ4n) is 3.78. The molecule has 0 bridgehead atoms. The second-order valence-corrected chi connectivity index (χ2v) is 8.20. The lowest BCUT2D eigenvalue weighted by atomic mass is 10.0. The van der Waals surface area contributed by atoms with Crippen molar-refractivity contribution in [1.29, 1.82) is 5.26 Å². The standard InChI is InChI=1S/C25H15ClF3N7/c26-19-8-17(34-24(22-12-32-36-35-22)13-1-3-15(27)4-2-13)7-18-23(14(10-30)11-31-25(18)19)33-16-5-6-20(28)21(29)9-16/h1-9,11-12,24,34H,(H,31,33)(H,32,35,36)/t24-/m0/s1. The first-order valence-corrected chi connectivity index (χ1v) is 10.9. The van der Waals surface area contributed by atoms with E-state index in [0.717, 1.165) is 12.1 Å². The summed E-state index contributed by atoms with van der Waals surface area (Å²) in [4.78, 5) is 4.30. The van der Waals surface area contributed by atoms with Gasteiger partial charge in [-0.2, -0.15) is 20.7 Å². The van der Waals surface area contributed by atoms with Crippen LogP contribution in [0.5, 0.6) is 0 Å². The Morgan fingerprint density at radius 3 is 2.44 bits per heavy atom. The average Bonchev–Trinajstić information content (AvgIpc) is 3.40. The van der Waals surface area contributed by atoms with Gasteiger partial charge in [0.15, 0.2) is 11.6 Å². The minimum Gasteiger partial charge on any atom is -0.373 e. The second kappa shape index (κ2) is 9.56. The lowest BCUT2D eigenvalue weighted by Gasteiger charge is -2.20. The molecule has 0 saturated carbocycles. The predicted molar refractivity (Wildman–Crippen MR) is 129 cm³/mol. The highest BCUT2D eigenvalue weighted by Gasteiger charge is 2.19. The summed E-state index contributed by atoms with van der Waals surface area (Å²) in [7, 11) is 0.